The smallest absolute Gasteiger partial charge is 0.333 e. The van der Waals surface area contributed by atoms with Crippen molar-refractivity contribution < 1.29 is 14.3 Å². The Kier molecular flexibility index (Phi) is 4.28. The van der Waals surface area contributed by atoms with Gasteiger partial charge in [-0.3, -0.25) is 4.79 Å². The number of hydrogen-bond donors (Lipinski definition) is 1. The van der Waals surface area contributed by atoms with Crippen molar-refractivity contribution in [2.24, 2.45) is 0 Å². The molecular weight excluding hydrogens is 206 g/mol. The van der Waals surface area contributed by atoms with E-state index in [1.54, 1.807) is 13.0 Å². The minimum absolute atomic E-state index is 0.0596. The van der Waals surface area contributed by atoms with Gasteiger partial charge >= 0.3 is 5.97 Å². The number of amides is 1. The summed E-state index contributed by atoms with van der Waals surface area (Å²) < 4.78 is 4.91. The highest BCUT2D eigenvalue weighted by Gasteiger charge is 2.22. The molecule has 0 spiro atoms. The van der Waals surface area contributed by atoms with Gasteiger partial charge < -0.3 is 10.1 Å². The molecule has 1 unspecified atom stereocenters. The fourth-order valence-electron chi connectivity index (χ4n) is 1.68. The van der Waals surface area contributed by atoms with Crippen molar-refractivity contribution in [2.45, 2.75) is 32.7 Å². The molecule has 4 heteroatoms. The summed E-state index contributed by atoms with van der Waals surface area (Å²) in [5.74, 6) is -0.371. The van der Waals surface area contributed by atoms with E-state index in [0.717, 1.165) is 5.57 Å². The van der Waals surface area contributed by atoms with E-state index in [0.29, 0.717) is 25.0 Å². The lowest BCUT2D eigenvalue weighted by Crippen LogP contribution is -2.36. The normalized spacial score (nSPS) is 20.0. The molecule has 0 bridgehead atoms. The van der Waals surface area contributed by atoms with Gasteiger partial charge in [0.05, 0.1) is 12.6 Å². The second kappa shape index (κ2) is 5.49. The molecule has 1 aliphatic carbocycles. The van der Waals surface area contributed by atoms with Crippen molar-refractivity contribution in [1.29, 1.82) is 0 Å². The summed E-state index contributed by atoms with van der Waals surface area (Å²) in [5, 5.41) is 2.79. The molecule has 0 radical (unpaired) electrons. The van der Waals surface area contributed by atoms with E-state index >= 15 is 0 Å². The molecule has 1 aliphatic rings. The van der Waals surface area contributed by atoms with Gasteiger partial charge in [-0.05, 0) is 31.4 Å². The first-order chi connectivity index (χ1) is 7.54. The first kappa shape index (κ1) is 12.5. The molecule has 0 saturated heterocycles. The van der Waals surface area contributed by atoms with Crippen LogP contribution < -0.4 is 5.32 Å². The fourth-order valence-corrected chi connectivity index (χ4v) is 1.68. The Hall–Kier alpha value is -1.58. The Morgan fingerprint density at radius 3 is 2.81 bits per heavy atom. The van der Waals surface area contributed by atoms with E-state index < -0.39 is 0 Å². The average Bonchev–Trinajstić information content (AvgIpc) is 2.20. The third-order valence-corrected chi connectivity index (χ3v) is 2.42. The molecule has 1 atom stereocenters. The van der Waals surface area contributed by atoms with Crippen molar-refractivity contribution in [3.8, 4) is 0 Å². The summed E-state index contributed by atoms with van der Waals surface area (Å²) in [6.07, 6.45) is 3.02. The largest absolute Gasteiger partial charge is 0.463 e. The van der Waals surface area contributed by atoms with E-state index in [4.69, 9.17) is 4.74 Å². The van der Waals surface area contributed by atoms with Crippen LogP contribution in [0, 0.1) is 0 Å². The lowest BCUT2D eigenvalue weighted by Gasteiger charge is -2.23. The van der Waals surface area contributed by atoms with Crippen molar-refractivity contribution >= 4 is 11.9 Å². The van der Waals surface area contributed by atoms with Crippen LogP contribution in [0.5, 0.6) is 0 Å². The zero-order chi connectivity index (χ0) is 12.1. The van der Waals surface area contributed by atoms with E-state index in [1.807, 2.05) is 0 Å². The van der Waals surface area contributed by atoms with E-state index in [-0.39, 0.29) is 17.9 Å². The van der Waals surface area contributed by atoms with E-state index in [1.165, 1.54) is 6.92 Å². The Morgan fingerprint density at radius 1 is 1.62 bits per heavy atom. The number of esters is 1. The molecule has 0 aromatic rings. The Balaban J connectivity index is 2.65. The molecule has 4 nitrogen and oxygen atoms in total. The van der Waals surface area contributed by atoms with E-state index in [9.17, 15) is 9.59 Å². The summed E-state index contributed by atoms with van der Waals surface area (Å²) in [6, 6.07) is -0.0596. The summed E-state index contributed by atoms with van der Waals surface area (Å²) in [4.78, 5) is 22.4. The molecule has 0 fully saturated rings. The van der Waals surface area contributed by atoms with Gasteiger partial charge in [0.25, 0.3) is 0 Å². The fraction of sp³-hybridized carbons (Fsp3) is 0.500. The first-order valence-corrected chi connectivity index (χ1v) is 5.38. The molecule has 1 N–H and O–H groups in total. The van der Waals surface area contributed by atoms with Crippen LogP contribution in [-0.2, 0) is 14.3 Å². The summed E-state index contributed by atoms with van der Waals surface area (Å²) in [5.41, 5.74) is 1.39. The van der Waals surface area contributed by atoms with Gasteiger partial charge in [0.1, 0.15) is 0 Å². The van der Waals surface area contributed by atoms with Crippen LogP contribution in [0.3, 0.4) is 0 Å². The minimum Gasteiger partial charge on any atom is -0.463 e. The Bertz CT molecular complexity index is 344. The van der Waals surface area contributed by atoms with Crippen molar-refractivity contribution in [1.82, 2.24) is 5.32 Å². The van der Waals surface area contributed by atoms with Crippen LogP contribution in [0.4, 0.5) is 0 Å². The van der Waals surface area contributed by atoms with Crippen molar-refractivity contribution in [2.75, 3.05) is 6.61 Å². The van der Waals surface area contributed by atoms with Crippen LogP contribution in [0.2, 0.25) is 0 Å². The van der Waals surface area contributed by atoms with Gasteiger partial charge in [0.15, 0.2) is 0 Å². The van der Waals surface area contributed by atoms with Gasteiger partial charge in [0.2, 0.25) is 5.91 Å². The van der Waals surface area contributed by atoms with Crippen molar-refractivity contribution in [3.63, 3.8) is 0 Å². The monoisotopic (exact) mass is 223 g/mol. The number of ether oxygens (including phenoxy) is 1. The summed E-state index contributed by atoms with van der Waals surface area (Å²) >= 11 is 0. The zero-order valence-corrected chi connectivity index (χ0v) is 9.71. The maximum absolute atomic E-state index is 11.5. The highest BCUT2D eigenvalue weighted by atomic mass is 16.5. The van der Waals surface area contributed by atoms with Gasteiger partial charge in [-0.15, -0.1) is 0 Å². The molecule has 0 saturated carbocycles. The molecule has 0 heterocycles. The Morgan fingerprint density at radius 2 is 2.31 bits per heavy atom. The third kappa shape index (κ3) is 3.22. The molecule has 16 heavy (non-hydrogen) atoms. The number of carbonyl (C=O) groups is 2. The van der Waals surface area contributed by atoms with Crippen molar-refractivity contribution in [3.05, 3.63) is 23.8 Å². The highest BCUT2D eigenvalue weighted by molar-refractivity contribution is 5.89. The minimum atomic E-state index is -0.287. The maximum Gasteiger partial charge on any atom is 0.333 e. The number of hydrogen-bond acceptors (Lipinski definition) is 3. The molecule has 0 aromatic heterocycles. The molecule has 0 aromatic carbocycles. The lowest BCUT2D eigenvalue weighted by molar-refractivity contribution is -0.138. The predicted molar refractivity (Wildman–Crippen MR) is 60.7 cm³/mol. The average molecular weight is 223 g/mol. The maximum atomic E-state index is 11.5. The number of carbonyl (C=O) groups excluding carboxylic acids is 2. The van der Waals surface area contributed by atoms with Crippen LogP contribution in [-0.4, -0.2) is 24.5 Å². The standard InChI is InChI=1S/C12H17NO3/c1-4-16-12(15)10-5-6-11(8(2)7-10)13-9(3)14/h7,11H,2,4-6H2,1,3H3,(H,13,14). The molecule has 0 aliphatic heterocycles. The summed E-state index contributed by atoms with van der Waals surface area (Å²) in [7, 11) is 0. The van der Waals surface area contributed by atoms with Crippen LogP contribution in [0.25, 0.3) is 0 Å². The Labute approximate surface area is 95.4 Å². The topological polar surface area (TPSA) is 55.4 Å². The van der Waals surface area contributed by atoms with Gasteiger partial charge in [-0.25, -0.2) is 4.79 Å². The summed E-state index contributed by atoms with van der Waals surface area (Å²) in [6.45, 7) is 7.46. The third-order valence-electron chi connectivity index (χ3n) is 2.42. The predicted octanol–water partition coefficient (Wildman–Crippen LogP) is 1.33. The highest BCUT2D eigenvalue weighted by Crippen LogP contribution is 2.22. The van der Waals surface area contributed by atoms with Crippen LogP contribution in [0.1, 0.15) is 26.7 Å². The first-order valence-electron chi connectivity index (χ1n) is 5.38. The quantitative estimate of drug-likeness (QED) is 0.734. The second-order valence-corrected chi connectivity index (χ2v) is 3.76. The SMILES string of the molecule is C=C1C=C(C(=O)OCC)CCC1NC(C)=O. The molecule has 88 valence electrons. The number of nitrogens with one attached hydrogen (secondary N) is 1. The van der Waals surface area contributed by atoms with Crippen LogP contribution >= 0.6 is 0 Å². The molecular formula is C12H17NO3. The van der Waals surface area contributed by atoms with Gasteiger partial charge in [0, 0.05) is 12.5 Å². The zero-order valence-electron chi connectivity index (χ0n) is 9.71. The van der Waals surface area contributed by atoms with Crippen LogP contribution in [0.15, 0.2) is 23.8 Å². The molecule has 1 amide bonds. The number of rotatable bonds is 3. The lowest BCUT2D eigenvalue weighted by atomic mass is 9.91. The van der Waals surface area contributed by atoms with Gasteiger partial charge in [-0.1, -0.05) is 6.58 Å². The van der Waals surface area contributed by atoms with E-state index in [2.05, 4.69) is 11.9 Å². The molecule has 1 rings (SSSR count). The second-order valence-electron chi connectivity index (χ2n) is 3.76. The van der Waals surface area contributed by atoms with Gasteiger partial charge in [-0.2, -0.15) is 0 Å².